The van der Waals surface area contributed by atoms with E-state index in [0.717, 1.165) is 31.7 Å². The number of hydrogen-bond donors (Lipinski definition) is 0. The van der Waals surface area contributed by atoms with E-state index in [1.807, 2.05) is 12.1 Å². The highest BCUT2D eigenvalue weighted by atomic mass is 32.2. The zero-order valence-electron chi connectivity index (χ0n) is 17.6. The summed E-state index contributed by atoms with van der Waals surface area (Å²) in [6, 6.07) is 27.0. The molecule has 32 heavy (non-hydrogen) atoms. The molecule has 4 rings (SSSR count). The van der Waals surface area contributed by atoms with Gasteiger partial charge in [0.1, 0.15) is 0 Å². The minimum absolute atomic E-state index is 0.193. The third-order valence-corrected chi connectivity index (χ3v) is 7.29. The van der Waals surface area contributed by atoms with Crippen molar-refractivity contribution in [1.82, 2.24) is 9.80 Å². The van der Waals surface area contributed by atoms with E-state index in [1.54, 1.807) is 12.1 Å². The minimum atomic E-state index is -4.55. The number of alkyl halides is 2. The average molecular weight is 457 g/mol. The highest BCUT2D eigenvalue weighted by Crippen LogP contribution is 2.29. The Balaban J connectivity index is 1.42. The van der Waals surface area contributed by atoms with Gasteiger partial charge in [-0.1, -0.05) is 72.8 Å². The van der Waals surface area contributed by atoms with Gasteiger partial charge in [0.2, 0.25) is 9.84 Å². The second kappa shape index (κ2) is 9.90. The Kier molecular flexibility index (Phi) is 6.98. The quantitative estimate of drug-likeness (QED) is 0.522. The van der Waals surface area contributed by atoms with Gasteiger partial charge in [0.05, 0.1) is 10.9 Å². The summed E-state index contributed by atoms with van der Waals surface area (Å²) in [6.07, 6.45) is 0. The highest BCUT2D eigenvalue weighted by Gasteiger charge is 2.28. The van der Waals surface area contributed by atoms with Crippen LogP contribution in [0.3, 0.4) is 0 Å². The molecule has 1 aliphatic rings. The number of halogens is 2. The Morgan fingerprint density at radius 1 is 0.719 bits per heavy atom. The molecule has 1 saturated heterocycles. The lowest BCUT2D eigenvalue weighted by Crippen LogP contribution is -2.47. The molecule has 0 radical (unpaired) electrons. The maximum Gasteiger partial charge on any atom is 0.341 e. The number of rotatable bonds is 7. The van der Waals surface area contributed by atoms with Crippen molar-refractivity contribution in [1.29, 1.82) is 0 Å². The molecule has 0 N–H and O–H groups in total. The van der Waals surface area contributed by atoms with Gasteiger partial charge in [-0.05, 0) is 28.8 Å². The molecule has 0 amide bonds. The van der Waals surface area contributed by atoms with Crippen LogP contribution in [0.4, 0.5) is 8.78 Å². The van der Waals surface area contributed by atoms with Gasteiger partial charge in [0.15, 0.2) is 0 Å². The summed E-state index contributed by atoms with van der Waals surface area (Å²) in [5.41, 5.74) is 3.44. The van der Waals surface area contributed by atoms with Crippen LogP contribution in [0, 0.1) is 0 Å². The molecule has 168 valence electrons. The van der Waals surface area contributed by atoms with E-state index in [9.17, 15) is 17.2 Å². The van der Waals surface area contributed by atoms with Crippen molar-refractivity contribution in [2.75, 3.05) is 26.2 Å². The smallest absolute Gasteiger partial charge is 0.297 e. The largest absolute Gasteiger partial charge is 0.341 e. The Morgan fingerprint density at radius 2 is 1.22 bits per heavy atom. The minimum Gasteiger partial charge on any atom is -0.297 e. The second-order valence-corrected chi connectivity index (χ2v) is 9.90. The molecule has 0 saturated carbocycles. The van der Waals surface area contributed by atoms with E-state index in [-0.39, 0.29) is 10.9 Å². The lowest BCUT2D eigenvalue weighted by atomic mass is 9.96. The summed E-state index contributed by atoms with van der Waals surface area (Å²) in [5, 5.41) is 0. The zero-order chi connectivity index (χ0) is 22.6. The van der Waals surface area contributed by atoms with Crippen molar-refractivity contribution < 1.29 is 17.2 Å². The number of benzene rings is 3. The van der Waals surface area contributed by atoms with Gasteiger partial charge >= 0.3 is 5.76 Å². The van der Waals surface area contributed by atoms with E-state index >= 15 is 0 Å². The van der Waals surface area contributed by atoms with Crippen molar-refractivity contribution >= 4 is 9.84 Å². The van der Waals surface area contributed by atoms with Crippen molar-refractivity contribution in [3.8, 4) is 0 Å². The van der Waals surface area contributed by atoms with Crippen molar-refractivity contribution in [3.05, 3.63) is 102 Å². The van der Waals surface area contributed by atoms with E-state index in [1.165, 1.54) is 23.3 Å². The molecule has 1 aliphatic heterocycles. The van der Waals surface area contributed by atoms with Gasteiger partial charge < -0.3 is 0 Å². The number of sulfone groups is 1. The molecule has 0 atom stereocenters. The Morgan fingerprint density at radius 3 is 1.69 bits per heavy atom. The molecule has 1 heterocycles. The van der Waals surface area contributed by atoms with Gasteiger partial charge in [-0.3, -0.25) is 9.80 Å². The van der Waals surface area contributed by atoms with Crippen LogP contribution < -0.4 is 0 Å². The maximum atomic E-state index is 12.7. The Labute approximate surface area is 188 Å². The monoisotopic (exact) mass is 456 g/mol. The normalized spacial score (nSPS) is 16.0. The van der Waals surface area contributed by atoms with E-state index in [4.69, 9.17) is 0 Å². The fourth-order valence-corrected chi connectivity index (χ4v) is 4.93. The average Bonchev–Trinajstić information content (AvgIpc) is 2.82. The third kappa shape index (κ3) is 5.06. The molecular formula is C25H26F2N2O2S. The molecule has 1 fully saturated rings. The van der Waals surface area contributed by atoms with Crippen LogP contribution in [0.5, 0.6) is 0 Å². The topological polar surface area (TPSA) is 40.6 Å². The first-order chi connectivity index (χ1) is 15.4. The van der Waals surface area contributed by atoms with Crippen LogP contribution in [-0.4, -0.2) is 50.2 Å². The molecule has 0 unspecified atom stereocenters. The molecular weight excluding hydrogens is 430 g/mol. The SMILES string of the molecule is O=S(=O)(c1ccc(CN2CCN(C(c3ccccc3)c3ccccc3)CC2)cc1)C(F)F. The first-order valence-corrected chi connectivity index (χ1v) is 12.2. The third-order valence-electron chi connectivity index (χ3n) is 5.90. The summed E-state index contributed by atoms with van der Waals surface area (Å²) >= 11 is 0. The van der Waals surface area contributed by atoms with Crippen molar-refractivity contribution in [2.45, 2.75) is 23.2 Å². The highest BCUT2D eigenvalue weighted by molar-refractivity contribution is 7.91. The van der Waals surface area contributed by atoms with E-state index < -0.39 is 15.6 Å². The predicted molar refractivity (Wildman–Crippen MR) is 121 cm³/mol. The number of hydrogen-bond acceptors (Lipinski definition) is 4. The second-order valence-electron chi connectivity index (χ2n) is 7.99. The predicted octanol–water partition coefficient (Wildman–Crippen LogP) is 4.59. The molecule has 7 heteroatoms. The van der Waals surface area contributed by atoms with Crippen LogP contribution >= 0.6 is 0 Å². The summed E-state index contributed by atoms with van der Waals surface area (Å²) in [5.74, 6) is -3.40. The van der Waals surface area contributed by atoms with Crippen LogP contribution in [0.25, 0.3) is 0 Å². The lowest BCUT2D eigenvalue weighted by Gasteiger charge is -2.39. The Bertz CT molecular complexity index is 1060. The number of piperazine rings is 1. The first-order valence-electron chi connectivity index (χ1n) is 10.6. The van der Waals surface area contributed by atoms with Crippen LogP contribution in [0.2, 0.25) is 0 Å². The summed E-state index contributed by atoms with van der Waals surface area (Å²) in [4.78, 5) is 4.45. The van der Waals surface area contributed by atoms with Crippen LogP contribution in [-0.2, 0) is 16.4 Å². The van der Waals surface area contributed by atoms with E-state index in [0.29, 0.717) is 6.54 Å². The summed E-state index contributed by atoms with van der Waals surface area (Å²) < 4.78 is 48.6. The van der Waals surface area contributed by atoms with Gasteiger partial charge in [-0.2, -0.15) is 8.78 Å². The fourth-order valence-electron chi connectivity index (χ4n) is 4.21. The maximum absolute atomic E-state index is 12.7. The van der Waals surface area contributed by atoms with Gasteiger partial charge in [-0.25, -0.2) is 8.42 Å². The van der Waals surface area contributed by atoms with Gasteiger partial charge in [0, 0.05) is 32.7 Å². The molecule has 3 aromatic rings. The van der Waals surface area contributed by atoms with Crippen molar-refractivity contribution in [3.63, 3.8) is 0 Å². The summed E-state index contributed by atoms with van der Waals surface area (Å²) in [6.45, 7) is 4.18. The molecule has 3 aromatic carbocycles. The molecule has 0 aromatic heterocycles. The Hall–Kier alpha value is -2.61. The summed E-state index contributed by atoms with van der Waals surface area (Å²) in [7, 11) is -4.55. The lowest BCUT2D eigenvalue weighted by molar-refractivity contribution is 0.105. The van der Waals surface area contributed by atoms with Gasteiger partial charge in [0.25, 0.3) is 0 Å². The zero-order valence-corrected chi connectivity index (χ0v) is 18.5. The molecule has 0 aliphatic carbocycles. The van der Waals surface area contributed by atoms with Crippen LogP contribution in [0.15, 0.2) is 89.8 Å². The molecule has 0 spiro atoms. The number of nitrogens with zero attached hydrogens (tertiary/aromatic N) is 2. The van der Waals surface area contributed by atoms with Crippen LogP contribution in [0.1, 0.15) is 22.7 Å². The first kappa shape index (κ1) is 22.6. The standard InChI is InChI=1S/C25H26F2N2O2S/c26-25(27)32(30,31)23-13-11-20(12-14-23)19-28-15-17-29(18-16-28)24(21-7-3-1-4-8-21)22-9-5-2-6-10-22/h1-14,24-25H,15-19H2. The van der Waals surface area contributed by atoms with Crippen molar-refractivity contribution in [2.24, 2.45) is 0 Å². The fraction of sp³-hybridized carbons (Fsp3) is 0.280. The molecule has 4 nitrogen and oxygen atoms in total. The molecule has 0 bridgehead atoms. The van der Waals surface area contributed by atoms with E-state index in [2.05, 4.69) is 58.3 Å². The van der Waals surface area contributed by atoms with Gasteiger partial charge in [-0.15, -0.1) is 0 Å².